The van der Waals surface area contributed by atoms with Crippen LogP contribution in [0.5, 0.6) is 0 Å². The van der Waals surface area contributed by atoms with Crippen molar-refractivity contribution in [1.82, 2.24) is 4.90 Å². The molecule has 6 N–H and O–H groups in total. The van der Waals surface area contributed by atoms with Crippen LogP contribution in [0.1, 0.15) is 19.8 Å². The Morgan fingerprint density at radius 3 is 1.95 bits per heavy atom. The molecule has 2 atom stereocenters. The number of hydrogen-bond donors (Lipinski definition) is 6. The fraction of sp³-hybridized carbons (Fsp3) is 1.00. The average Bonchev–Trinajstić information content (AvgIpc) is 2.40. The molecule has 2 unspecified atom stereocenters. The Labute approximate surface area is 117 Å². The van der Waals surface area contributed by atoms with Gasteiger partial charge in [0.1, 0.15) is 0 Å². The Bertz CT molecular complexity index is 369. The molecule has 0 saturated heterocycles. The minimum Gasteiger partial charge on any atom is -0.395 e. The van der Waals surface area contributed by atoms with Crippen molar-refractivity contribution in [1.29, 1.82) is 0 Å². The fourth-order valence-corrected chi connectivity index (χ4v) is 2.52. The van der Waals surface area contributed by atoms with Crippen LogP contribution in [0.25, 0.3) is 0 Å². The van der Waals surface area contributed by atoms with E-state index < -0.39 is 47.1 Å². The molecule has 0 bridgehead atoms. The molecule has 0 spiro atoms. The first kappa shape index (κ1) is 19.7. The van der Waals surface area contributed by atoms with Gasteiger partial charge in [0.15, 0.2) is 6.23 Å². The van der Waals surface area contributed by atoms with Gasteiger partial charge in [-0.3, -0.25) is 9.45 Å². The van der Waals surface area contributed by atoms with E-state index >= 15 is 0 Å². The summed E-state index contributed by atoms with van der Waals surface area (Å²) in [5.41, 5.74) is -3.97. The van der Waals surface area contributed by atoms with Crippen molar-refractivity contribution in [3.8, 4) is 0 Å². The second-order valence-electron chi connectivity index (χ2n) is 4.53. The molecular weight excluding hydrogens is 294 g/mol. The van der Waals surface area contributed by atoms with Gasteiger partial charge < -0.3 is 25.5 Å². The van der Waals surface area contributed by atoms with Crippen molar-refractivity contribution in [3.05, 3.63) is 0 Å². The van der Waals surface area contributed by atoms with E-state index in [2.05, 4.69) is 0 Å². The summed E-state index contributed by atoms with van der Waals surface area (Å²) in [6.45, 7) is -0.350. The van der Waals surface area contributed by atoms with Gasteiger partial charge in [0.05, 0.1) is 25.4 Å². The topological polar surface area (TPSA) is 159 Å². The maximum Gasteiger partial charge on any atom is 0.296 e. The first-order valence-corrected chi connectivity index (χ1v) is 7.62. The predicted octanol–water partition coefficient (Wildman–Crippen LogP) is -2.67. The van der Waals surface area contributed by atoms with Crippen LogP contribution in [-0.2, 0) is 10.1 Å². The van der Waals surface area contributed by atoms with E-state index in [9.17, 15) is 28.8 Å². The Kier molecular flexibility index (Phi) is 8.06. The van der Waals surface area contributed by atoms with Crippen LogP contribution in [0.4, 0.5) is 0 Å². The SMILES string of the molecule is CCCC(CO)(CO)N(CCO)C(O)C(O)S(=O)(=O)O. The molecule has 122 valence electrons. The summed E-state index contributed by atoms with van der Waals surface area (Å²) in [7, 11) is -4.94. The van der Waals surface area contributed by atoms with Crippen molar-refractivity contribution >= 4 is 10.1 Å². The lowest BCUT2D eigenvalue weighted by molar-refractivity contribution is -0.141. The number of aliphatic hydroxyl groups is 5. The first-order valence-electron chi connectivity index (χ1n) is 6.12. The number of rotatable bonds is 10. The van der Waals surface area contributed by atoms with Crippen LogP contribution in [0.3, 0.4) is 0 Å². The predicted molar refractivity (Wildman–Crippen MR) is 69.2 cm³/mol. The normalized spacial score (nSPS) is 16.4. The summed E-state index contributed by atoms with van der Waals surface area (Å²) in [6.07, 6.45) is -1.45. The van der Waals surface area contributed by atoms with Crippen molar-refractivity contribution in [2.45, 2.75) is 37.0 Å². The number of β-amino-alcohol motifs (C(OH)–C–C–N with tert-alkyl or cyclic N) is 1. The van der Waals surface area contributed by atoms with Crippen LogP contribution >= 0.6 is 0 Å². The standard InChI is InChI=1S/C10H23NO8S/c1-2-3-10(6-13,7-14)11(4-5-12)8(15)9(16)20(17,18)19/h8-9,12-16H,2-7H2,1H3,(H,17,18,19). The summed E-state index contributed by atoms with van der Waals surface area (Å²) in [6, 6.07) is 0. The maximum absolute atomic E-state index is 10.9. The highest BCUT2D eigenvalue weighted by molar-refractivity contribution is 7.86. The fourth-order valence-electron chi connectivity index (χ4n) is 2.06. The van der Waals surface area contributed by atoms with Gasteiger partial charge in [-0.1, -0.05) is 13.3 Å². The Balaban J connectivity index is 5.49. The van der Waals surface area contributed by atoms with Crippen molar-refractivity contribution in [3.63, 3.8) is 0 Å². The van der Waals surface area contributed by atoms with Gasteiger partial charge in [0.25, 0.3) is 10.1 Å². The molecule has 0 saturated carbocycles. The van der Waals surface area contributed by atoms with E-state index in [0.717, 1.165) is 4.90 Å². The van der Waals surface area contributed by atoms with Crippen molar-refractivity contribution in [2.75, 3.05) is 26.4 Å². The van der Waals surface area contributed by atoms with Gasteiger partial charge in [-0.05, 0) is 6.42 Å². The second kappa shape index (κ2) is 8.20. The average molecular weight is 317 g/mol. The second-order valence-corrected chi connectivity index (χ2v) is 6.04. The van der Waals surface area contributed by atoms with Gasteiger partial charge in [0, 0.05) is 6.54 Å². The maximum atomic E-state index is 10.9. The molecule has 0 aliphatic carbocycles. The van der Waals surface area contributed by atoms with Crippen LogP contribution in [0.15, 0.2) is 0 Å². The van der Waals surface area contributed by atoms with Crippen LogP contribution in [0, 0.1) is 0 Å². The molecule has 9 nitrogen and oxygen atoms in total. The van der Waals surface area contributed by atoms with Crippen molar-refractivity contribution in [2.24, 2.45) is 0 Å². The highest BCUT2D eigenvalue weighted by Crippen LogP contribution is 2.25. The van der Waals surface area contributed by atoms with Gasteiger partial charge >= 0.3 is 0 Å². The molecule has 10 heteroatoms. The third-order valence-electron chi connectivity index (χ3n) is 3.13. The van der Waals surface area contributed by atoms with Gasteiger partial charge in [0.2, 0.25) is 5.44 Å². The monoisotopic (exact) mass is 317 g/mol. The van der Waals surface area contributed by atoms with Gasteiger partial charge in [-0.25, -0.2) is 0 Å². The third-order valence-corrected chi connectivity index (χ3v) is 3.99. The molecule has 0 radical (unpaired) electrons. The Morgan fingerprint density at radius 2 is 1.65 bits per heavy atom. The molecule has 0 aliphatic heterocycles. The summed E-state index contributed by atoms with van der Waals surface area (Å²) in [5.74, 6) is 0. The zero-order valence-electron chi connectivity index (χ0n) is 11.3. The lowest BCUT2D eigenvalue weighted by Crippen LogP contribution is -2.62. The van der Waals surface area contributed by atoms with Crippen LogP contribution < -0.4 is 0 Å². The smallest absolute Gasteiger partial charge is 0.296 e. The first-order chi connectivity index (χ1) is 9.20. The molecular formula is C10H23NO8S. The zero-order chi connectivity index (χ0) is 16.0. The number of nitrogens with zero attached hydrogens (tertiary/aromatic N) is 1. The minimum atomic E-state index is -4.94. The molecule has 0 amide bonds. The molecule has 0 fully saturated rings. The van der Waals surface area contributed by atoms with Crippen molar-refractivity contribution < 1.29 is 38.5 Å². The minimum absolute atomic E-state index is 0.176. The summed E-state index contributed by atoms with van der Waals surface area (Å²) in [5, 5.41) is 47.2. The van der Waals surface area contributed by atoms with E-state index in [1.807, 2.05) is 0 Å². The number of aliphatic hydroxyl groups excluding tert-OH is 5. The van der Waals surface area contributed by atoms with E-state index in [-0.39, 0.29) is 13.0 Å². The molecule has 0 heterocycles. The highest BCUT2D eigenvalue weighted by atomic mass is 32.2. The quantitative estimate of drug-likeness (QED) is 0.186. The number of hydrogen-bond acceptors (Lipinski definition) is 8. The van der Waals surface area contributed by atoms with Gasteiger partial charge in [-0.15, -0.1) is 0 Å². The molecule has 0 aromatic rings. The van der Waals surface area contributed by atoms with E-state index in [4.69, 9.17) is 9.66 Å². The summed E-state index contributed by atoms with van der Waals surface area (Å²) >= 11 is 0. The highest BCUT2D eigenvalue weighted by Gasteiger charge is 2.43. The van der Waals surface area contributed by atoms with Gasteiger partial charge in [-0.2, -0.15) is 8.42 Å². The third kappa shape index (κ3) is 4.60. The van der Waals surface area contributed by atoms with Crippen LogP contribution in [0.2, 0.25) is 0 Å². The molecule has 0 aromatic carbocycles. The Morgan fingerprint density at radius 1 is 1.15 bits per heavy atom. The lowest BCUT2D eigenvalue weighted by atomic mass is 9.92. The van der Waals surface area contributed by atoms with E-state index in [1.54, 1.807) is 6.92 Å². The summed E-state index contributed by atoms with van der Waals surface area (Å²) < 4.78 is 30.5. The van der Waals surface area contributed by atoms with Crippen LogP contribution in [-0.4, -0.2) is 87.0 Å². The molecule has 20 heavy (non-hydrogen) atoms. The molecule has 0 rings (SSSR count). The lowest BCUT2D eigenvalue weighted by Gasteiger charge is -2.44. The van der Waals surface area contributed by atoms with E-state index in [1.165, 1.54) is 0 Å². The van der Waals surface area contributed by atoms with E-state index in [0.29, 0.717) is 6.42 Å². The molecule has 0 aromatic heterocycles. The largest absolute Gasteiger partial charge is 0.395 e. The molecule has 0 aliphatic rings. The zero-order valence-corrected chi connectivity index (χ0v) is 12.1. The Hall–Kier alpha value is -0.330. The summed E-state index contributed by atoms with van der Waals surface area (Å²) in [4.78, 5) is 0.870.